The largest absolute Gasteiger partial charge is 0.236 e. The van der Waals surface area contributed by atoms with Gasteiger partial charge in [0.05, 0.1) is 10.2 Å². The van der Waals surface area contributed by atoms with Gasteiger partial charge >= 0.3 is 0 Å². The van der Waals surface area contributed by atoms with Gasteiger partial charge in [-0.2, -0.15) is 0 Å². The van der Waals surface area contributed by atoms with Gasteiger partial charge in [-0.15, -0.1) is 11.3 Å². The highest BCUT2D eigenvalue weighted by Crippen LogP contribution is 2.37. The average Bonchev–Trinajstić information content (AvgIpc) is 2.97. The van der Waals surface area contributed by atoms with Crippen molar-refractivity contribution in [2.45, 2.75) is 0 Å². The van der Waals surface area contributed by atoms with Crippen molar-refractivity contribution in [3.63, 3.8) is 0 Å². The van der Waals surface area contributed by atoms with Gasteiger partial charge in [0, 0.05) is 5.56 Å². The summed E-state index contributed by atoms with van der Waals surface area (Å²) < 4.78 is 1.22. The summed E-state index contributed by atoms with van der Waals surface area (Å²) in [5, 5.41) is 3.52. The van der Waals surface area contributed by atoms with Crippen LogP contribution in [0.2, 0.25) is 0 Å². The molecule has 3 aromatic carbocycles. The second-order valence-electron chi connectivity index (χ2n) is 4.94. The molecule has 0 unspecified atom stereocenters. The third-order valence-electron chi connectivity index (χ3n) is 3.69. The van der Waals surface area contributed by atoms with Gasteiger partial charge in [0.2, 0.25) is 0 Å². The quantitative estimate of drug-likeness (QED) is 0.457. The van der Waals surface area contributed by atoms with Crippen LogP contribution in [0.25, 0.3) is 37.6 Å². The van der Waals surface area contributed by atoms with Crippen LogP contribution in [-0.2, 0) is 0 Å². The Morgan fingerprint density at radius 3 is 2.57 bits per heavy atom. The summed E-state index contributed by atoms with van der Waals surface area (Å²) in [6.07, 6.45) is 1.91. The van der Waals surface area contributed by atoms with E-state index in [1.165, 1.54) is 21.0 Å². The highest BCUT2D eigenvalue weighted by molar-refractivity contribution is 7.21. The third-order valence-corrected chi connectivity index (χ3v) is 4.74. The maximum absolute atomic E-state index is 4.81. The number of thiazole rings is 1. The molecule has 1 nitrogen and oxygen atoms in total. The van der Waals surface area contributed by atoms with Crippen molar-refractivity contribution >= 4 is 38.4 Å². The fraction of sp³-hybridized carbons (Fsp3) is 0. The third kappa shape index (κ3) is 1.96. The van der Waals surface area contributed by atoms with Crippen molar-refractivity contribution < 1.29 is 0 Å². The molecule has 0 N–H and O–H groups in total. The predicted octanol–water partition coefficient (Wildman–Crippen LogP) is 5.76. The average molecular weight is 287 g/mol. The topological polar surface area (TPSA) is 12.9 Å². The molecule has 0 atom stereocenters. The molecule has 0 amide bonds. The Morgan fingerprint density at radius 1 is 0.905 bits per heavy atom. The van der Waals surface area contributed by atoms with Crippen molar-refractivity contribution in [2.75, 3.05) is 0 Å². The van der Waals surface area contributed by atoms with E-state index in [0.29, 0.717) is 0 Å². The summed E-state index contributed by atoms with van der Waals surface area (Å²) in [7, 11) is 0. The molecule has 0 spiro atoms. The first-order valence-corrected chi connectivity index (χ1v) is 7.68. The maximum atomic E-state index is 4.81. The van der Waals surface area contributed by atoms with E-state index in [1.54, 1.807) is 11.3 Å². The van der Waals surface area contributed by atoms with Gasteiger partial charge in [-0.25, -0.2) is 4.98 Å². The molecule has 0 aliphatic carbocycles. The van der Waals surface area contributed by atoms with Crippen LogP contribution in [0.3, 0.4) is 0 Å². The summed E-state index contributed by atoms with van der Waals surface area (Å²) in [6, 6.07) is 21.0. The predicted molar refractivity (Wildman–Crippen MR) is 92.7 cm³/mol. The first-order valence-electron chi connectivity index (χ1n) is 6.87. The molecule has 1 heterocycles. The minimum absolute atomic E-state index is 1.06. The second-order valence-corrected chi connectivity index (χ2v) is 5.97. The Morgan fingerprint density at radius 2 is 1.71 bits per heavy atom. The summed E-state index contributed by atoms with van der Waals surface area (Å²) in [5.41, 5.74) is 3.37. The van der Waals surface area contributed by atoms with Gasteiger partial charge in [0.25, 0.3) is 0 Å². The standard InChI is InChI=1S/C19H13NS/c1-2-13-11-12-14-7-3-4-8-15(14)18(13)19-20-16-9-5-6-10-17(16)21-19/h2-12H,1H2. The molecule has 0 fully saturated rings. The summed E-state index contributed by atoms with van der Waals surface area (Å²) in [6.45, 7) is 3.95. The maximum Gasteiger partial charge on any atom is 0.125 e. The number of nitrogens with zero attached hydrogens (tertiary/aromatic N) is 1. The molecule has 4 aromatic rings. The summed E-state index contributed by atoms with van der Waals surface area (Å²) >= 11 is 1.74. The zero-order valence-electron chi connectivity index (χ0n) is 11.4. The Bertz CT molecular complexity index is 933. The molecular formula is C19H13NS. The fourth-order valence-corrected chi connectivity index (χ4v) is 3.72. The van der Waals surface area contributed by atoms with E-state index in [0.717, 1.165) is 16.1 Å². The lowest BCUT2D eigenvalue weighted by Gasteiger charge is -2.07. The van der Waals surface area contributed by atoms with E-state index in [1.807, 2.05) is 12.1 Å². The monoisotopic (exact) mass is 287 g/mol. The minimum Gasteiger partial charge on any atom is -0.236 e. The number of para-hydroxylation sites is 1. The molecular weight excluding hydrogens is 274 g/mol. The Balaban J connectivity index is 2.10. The molecule has 21 heavy (non-hydrogen) atoms. The molecule has 0 aliphatic rings. The van der Waals surface area contributed by atoms with Gasteiger partial charge in [-0.1, -0.05) is 61.2 Å². The molecule has 0 radical (unpaired) electrons. The molecule has 4 rings (SSSR count). The first kappa shape index (κ1) is 12.3. The number of fused-ring (bicyclic) bond motifs is 2. The van der Waals surface area contributed by atoms with Crippen LogP contribution in [-0.4, -0.2) is 4.98 Å². The molecule has 0 aliphatic heterocycles. The van der Waals surface area contributed by atoms with E-state index in [2.05, 4.69) is 61.2 Å². The van der Waals surface area contributed by atoms with E-state index >= 15 is 0 Å². The van der Waals surface area contributed by atoms with Crippen molar-refractivity contribution in [2.24, 2.45) is 0 Å². The molecule has 0 bridgehead atoms. The number of hydrogen-bond donors (Lipinski definition) is 0. The molecule has 100 valence electrons. The SMILES string of the molecule is C=Cc1ccc2ccccc2c1-c1nc2ccccc2s1. The van der Waals surface area contributed by atoms with E-state index in [-0.39, 0.29) is 0 Å². The smallest absolute Gasteiger partial charge is 0.125 e. The second kappa shape index (κ2) is 4.83. The van der Waals surface area contributed by atoms with Gasteiger partial charge in [0.1, 0.15) is 5.01 Å². The zero-order chi connectivity index (χ0) is 14.2. The highest BCUT2D eigenvalue weighted by Gasteiger charge is 2.12. The van der Waals surface area contributed by atoms with Crippen LogP contribution in [0.1, 0.15) is 5.56 Å². The Hall–Kier alpha value is -2.45. The highest BCUT2D eigenvalue weighted by atomic mass is 32.1. The lowest BCUT2D eigenvalue weighted by molar-refractivity contribution is 1.48. The number of rotatable bonds is 2. The number of hydrogen-bond acceptors (Lipinski definition) is 2. The molecule has 0 saturated heterocycles. The fourth-order valence-electron chi connectivity index (χ4n) is 2.68. The van der Waals surface area contributed by atoms with E-state index in [9.17, 15) is 0 Å². The molecule has 0 saturated carbocycles. The minimum atomic E-state index is 1.06. The van der Waals surface area contributed by atoms with Gasteiger partial charge in [-0.05, 0) is 28.5 Å². The normalized spacial score (nSPS) is 11.0. The Kier molecular flexibility index (Phi) is 2.83. The van der Waals surface area contributed by atoms with Gasteiger partial charge < -0.3 is 0 Å². The van der Waals surface area contributed by atoms with Crippen LogP contribution in [0, 0.1) is 0 Å². The van der Waals surface area contributed by atoms with Crippen LogP contribution >= 0.6 is 11.3 Å². The van der Waals surface area contributed by atoms with Crippen molar-refractivity contribution in [3.05, 3.63) is 72.8 Å². The summed E-state index contributed by atoms with van der Waals surface area (Å²) in [5.74, 6) is 0. The summed E-state index contributed by atoms with van der Waals surface area (Å²) in [4.78, 5) is 4.81. The van der Waals surface area contributed by atoms with Crippen LogP contribution < -0.4 is 0 Å². The number of benzene rings is 3. The van der Waals surface area contributed by atoms with Crippen molar-refractivity contribution in [1.29, 1.82) is 0 Å². The first-order chi connectivity index (χ1) is 10.4. The van der Waals surface area contributed by atoms with Crippen LogP contribution in [0.5, 0.6) is 0 Å². The van der Waals surface area contributed by atoms with Crippen LogP contribution in [0.4, 0.5) is 0 Å². The van der Waals surface area contributed by atoms with Crippen molar-refractivity contribution in [1.82, 2.24) is 4.98 Å². The lowest BCUT2D eigenvalue weighted by atomic mass is 9.99. The van der Waals surface area contributed by atoms with Gasteiger partial charge in [-0.3, -0.25) is 0 Å². The molecule has 1 aromatic heterocycles. The van der Waals surface area contributed by atoms with Gasteiger partial charge in [0.15, 0.2) is 0 Å². The zero-order valence-corrected chi connectivity index (χ0v) is 12.2. The van der Waals surface area contributed by atoms with Crippen molar-refractivity contribution in [3.8, 4) is 10.6 Å². The molecule has 2 heteroatoms. The van der Waals surface area contributed by atoms with E-state index < -0.39 is 0 Å². The Labute approximate surface area is 127 Å². The van der Waals surface area contributed by atoms with E-state index in [4.69, 9.17) is 4.98 Å². The van der Waals surface area contributed by atoms with Crippen LogP contribution in [0.15, 0.2) is 67.2 Å². The number of aromatic nitrogens is 1. The lowest BCUT2D eigenvalue weighted by Crippen LogP contribution is -1.85.